The Morgan fingerprint density at radius 3 is 2.66 bits per heavy atom. The maximum Gasteiger partial charge on any atom is 0.252 e. The van der Waals surface area contributed by atoms with Crippen molar-refractivity contribution in [1.82, 2.24) is 14.5 Å². The fourth-order valence-electron chi connectivity index (χ4n) is 4.70. The van der Waals surface area contributed by atoms with Gasteiger partial charge in [-0.2, -0.15) is 4.31 Å². The van der Waals surface area contributed by atoms with E-state index in [1.54, 1.807) is 17.5 Å². The number of piperidine rings is 2. The van der Waals surface area contributed by atoms with Crippen LogP contribution in [0.5, 0.6) is 0 Å². The van der Waals surface area contributed by atoms with Crippen molar-refractivity contribution in [2.75, 3.05) is 39.3 Å². The SMILES string of the molecule is CC1CC(C)CN(CCCCNC(=O)C2CCCN(S(=O)(=O)c3cccs3)C2)C1. The number of unbranched alkanes of at least 4 members (excludes halogenated alkanes) is 1. The van der Waals surface area contributed by atoms with Gasteiger partial charge in [-0.3, -0.25) is 4.79 Å². The molecule has 2 aliphatic heterocycles. The predicted molar refractivity (Wildman–Crippen MR) is 117 cm³/mol. The van der Waals surface area contributed by atoms with Crippen LogP contribution in [0.1, 0.15) is 46.0 Å². The molecule has 3 unspecified atom stereocenters. The Morgan fingerprint density at radius 1 is 1.21 bits per heavy atom. The largest absolute Gasteiger partial charge is 0.356 e. The average molecular weight is 442 g/mol. The maximum absolute atomic E-state index is 12.7. The van der Waals surface area contributed by atoms with E-state index in [9.17, 15) is 13.2 Å². The first-order valence-corrected chi connectivity index (χ1v) is 13.2. The monoisotopic (exact) mass is 441 g/mol. The Kier molecular flexibility index (Phi) is 8.13. The Labute approximate surface area is 179 Å². The van der Waals surface area contributed by atoms with Crippen LogP contribution in [0.25, 0.3) is 0 Å². The van der Waals surface area contributed by atoms with Crippen molar-refractivity contribution in [3.63, 3.8) is 0 Å². The topological polar surface area (TPSA) is 69.7 Å². The summed E-state index contributed by atoms with van der Waals surface area (Å²) in [4.78, 5) is 15.1. The summed E-state index contributed by atoms with van der Waals surface area (Å²) in [6.45, 7) is 9.59. The van der Waals surface area contributed by atoms with Crippen molar-refractivity contribution >= 4 is 27.3 Å². The molecule has 1 N–H and O–H groups in total. The third-order valence-electron chi connectivity index (χ3n) is 5.99. The maximum atomic E-state index is 12.7. The van der Waals surface area contributed by atoms with Crippen LogP contribution in [-0.4, -0.2) is 62.8 Å². The summed E-state index contributed by atoms with van der Waals surface area (Å²) in [7, 11) is -3.47. The van der Waals surface area contributed by atoms with E-state index < -0.39 is 10.0 Å². The number of hydrogen-bond acceptors (Lipinski definition) is 5. The molecule has 0 radical (unpaired) electrons. The minimum Gasteiger partial charge on any atom is -0.356 e. The van der Waals surface area contributed by atoms with Gasteiger partial charge in [-0.25, -0.2) is 8.42 Å². The molecule has 8 heteroatoms. The van der Waals surface area contributed by atoms with Gasteiger partial charge in [0.25, 0.3) is 10.0 Å². The van der Waals surface area contributed by atoms with E-state index in [4.69, 9.17) is 0 Å². The fraction of sp³-hybridized carbons (Fsp3) is 0.762. The molecule has 0 spiro atoms. The van der Waals surface area contributed by atoms with Crippen molar-refractivity contribution < 1.29 is 13.2 Å². The molecule has 2 aliphatic rings. The summed E-state index contributed by atoms with van der Waals surface area (Å²) in [6, 6.07) is 3.38. The van der Waals surface area contributed by atoms with Crippen LogP contribution in [0.3, 0.4) is 0 Å². The second-order valence-corrected chi connectivity index (χ2v) is 12.0. The molecular formula is C21H35N3O3S2. The highest BCUT2D eigenvalue weighted by atomic mass is 32.2. The second-order valence-electron chi connectivity index (χ2n) is 8.84. The minimum absolute atomic E-state index is 0.00343. The van der Waals surface area contributed by atoms with Gasteiger partial charge in [0.15, 0.2) is 0 Å². The number of thiophene rings is 1. The zero-order chi connectivity index (χ0) is 20.9. The summed E-state index contributed by atoms with van der Waals surface area (Å²) in [5.74, 6) is 1.30. The normalized spacial score (nSPS) is 27.0. The number of nitrogens with one attached hydrogen (secondary N) is 1. The van der Waals surface area contributed by atoms with Gasteiger partial charge in [-0.05, 0) is 61.9 Å². The Balaban J connectivity index is 1.38. The van der Waals surface area contributed by atoms with E-state index in [2.05, 4.69) is 24.1 Å². The number of hydrogen-bond donors (Lipinski definition) is 1. The molecule has 3 heterocycles. The van der Waals surface area contributed by atoms with Gasteiger partial charge < -0.3 is 10.2 Å². The lowest BCUT2D eigenvalue weighted by molar-refractivity contribution is -0.126. The standard InChI is InChI=1S/C21H35N3O3S2/c1-17-13-18(2)15-23(14-17)10-4-3-9-22-21(25)19-7-5-11-24(16-19)29(26,27)20-8-6-12-28-20/h6,8,12,17-19H,3-5,7,9-11,13-16H2,1-2H3,(H,22,25). The molecule has 1 aromatic rings. The van der Waals surface area contributed by atoms with E-state index in [0.717, 1.165) is 44.1 Å². The van der Waals surface area contributed by atoms with E-state index >= 15 is 0 Å². The molecule has 2 fully saturated rings. The van der Waals surface area contributed by atoms with Crippen LogP contribution in [-0.2, 0) is 14.8 Å². The van der Waals surface area contributed by atoms with Crippen molar-refractivity contribution in [3.8, 4) is 0 Å². The third-order valence-corrected chi connectivity index (χ3v) is 9.23. The highest BCUT2D eigenvalue weighted by molar-refractivity contribution is 7.91. The van der Waals surface area contributed by atoms with Gasteiger partial charge in [-0.15, -0.1) is 11.3 Å². The number of carbonyl (C=O) groups excluding carboxylic acids is 1. The first kappa shape index (κ1) is 22.7. The molecule has 29 heavy (non-hydrogen) atoms. The average Bonchev–Trinajstić information content (AvgIpc) is 3.22. The second kappa shape index (κ2) is 10.4. The lowest BCUT2D eigenvalue weighted by atomic mass is 9.92. The molecule has 0 aromatic carbocycles. The van der Waals surface area contributed by atoms with Crippen molar-refractivity contribution in [3.05, 3.63) is 17.5 Å². The zero-order valence-corrected chi connectivity index (χ0v) is 19.3. The highest BCUT2D eigenvalue weighted by Gasteiger charge is 2.33. The van der Waals surface area contributed by atoms with E-state index in [0.29, 0.717) is 17.3 Å². The summed E-state index contributed by atoms with van der Waals surface area (Å²) in [6.07, 6.45) is 4.87. The molecule has 2 saturated heterocycles. The number of likely N-dealkylation sites (tertiary alicyclic amines) is 1. The summed E-state index contributed by atoms with van der Waals surface area (Å²) < 4.78 is 27.3. The number of sulfonamides is 1. The minimum atomic E-state index is -3.47. The van der Waals surface area contributed by atoms with Crippen LogP contribution in [0.15, 0.2) is 21.7 Å². The zero-order valence-electron chi connectivity index (χ0n) is 17.7. The van der Waals surface area contributed by atoms with Crippen LogP contribution < -0.4 is 5.32 Å². The van der Waals surface area contributed by atoms with Crippen LogP contribution in [0.4, 0.5) is 0 Å². The highest BCUT2D eigenvalue weighted by Crippen LogP contribution is 2.26. The van der Waals surface area contributed by atoms with Crippen LogP contribution in [0.2, 0.25) is 0 Å². The van der Waals surface area contributed by atoms with Gasteiger partial charge >= 0.3 is 0 Å². The molecule has 1 amide bonds. The van der Waals surface area contributed by atoms with Gasteiger partial charge in [0, 0.05) is 32.7 Å². The van der Waals surface area contributed by atoms with Gasteiger partial charge in [0.05, 0.1) is 5.92 Å². The number of amides is 1. The van der Waals surface area contributed by atoms with Gasteiger partial charge in [0.2, 0.25) is 5.91 Å². The summed E-state index contributed by atoms with van der Waals surface area (Å²) >= 11 is 1.23. The van der Waals surface area contributed by atoms with Crippen molar-refractivity contribution in [2.24, 2.45) is 17.8 Å². The summed E-state index contributed by atoms with van der Waals surface area (Å²) in [5.41, 5.74) is 0. The fourth-order valence-corrected chi connectivity index (χ4v) is 7.37. The number of carbonyl (C=O) groups is 1. The van der Waals surface area contributed by atoms with E-state index in [-0.39, 0.29) is 18.4 Å². The first-order chi connectivity index (χ1) is 13.9. The summed E-state index contributed by atoms with van der Waals surface area (Å²) in [5, 5.41) is 4.81. The molecule has 0 bridgehead atoms. The van der Waals surface area contributed by atoms with Gasteiger partial charge in [0.1, 0.15) is 4.21 Å². The predicted octanol–water partition coefficient (Wildman–Crippen LogP) is 3.02. The van der Waals surface area contributed by atoms with E-state index in [1.807, 2.05) is 0 Å². The lowest BCUT2D eigenvalue weighted by Gasteiger charge is -2.35. The van der Waals surface area contributed by atoms with Crippen molar-refractivity contribution in [2.45, 2.75) is 50.2 Å². The number of nitrogens with zero attached hydrogens (tertiary/aromatic N) is 2. The smallest absolute Gasteiger partial charge is 0.252 e. The Bertz CT molecular complexity index is 741. The van der Waals surface area contributed by atoms with Crippen LogP contribution >= 0.6 is 11.3 Å². The molecule has 0 aliphatic carbocycles. The molecular weight excluding hydrogens is 406 g/mol. The molecule has 3 atom stereocenters. The Hall–Kier alpha value is -0.960. The van der Waals surface area contributed by atoms with E-state index in [1.165, 1.54) is 35.2 Å². The molecule has 0 saturated carbocycles. The van der Waals surface area contributed by atoms with Crippen LogP contribution in [0, 0.1) is 17.8 Å². The van der Waals surface area contributed by atoms with Crippen molar-refractivity contribution in [1.29, 1.82) is 0 Å². The lowest BCUT2D eigenvalue weighted by Crippen LogP contribution is -2.45. The first-order valence-electron chi connectivity index (χ1n) is 10.9. The molecule has 3 rings (SSSR count). The quantitative estimate of drug-likeness (QED) is 0.630. The Morgan fingerprint density at radius 2 is 1.97 bits per heavy atom. The third kappa shape index (κ3) is 6.26. The molecule has 164 valence electrons. The van der Waals surface area contributed by atoms with Gasteiger partial charge in [-0.1, -0.05) is 19.9 Å². The molecule has 6 nitrogen and oxygen atoms in total. The number of rotatable bonds is 8. The molecule has 1 aromatic heterocycles.